The number of nitrogens with zero attached hydrogens (tertiary/aromatic N) is 6. The van der Waals surface area contributed by atoms with E-state index in [1.807, 2.05) is 43.2 Å². The molecule has 2 N–H and O–H groups in total. The van der Waals surface area contributed by atoms with Crippen molar-refractivity contribution in [2.75, 3.05) is 29.9 Å². The summed E-state index contributed by atoms with van der Waals surface area (Å²) in [5.74, 6) is -3.36. The number of pyridine rings is 2. The van der Waals surface area contributed by atoms with Crippen LogP contribution in [0.5, 0.6) is 0 Å². The Morgan fingerprint density at radius 3 is 2.46 bits per heavy atom. The van der Waals surface area contributed by atoms with Gasteiger partial charge >= 0.3 is 0 Å². The Morgan fingerprint density at radius 1 is 1.04 bits per heavy atom. The third kappa shape index (κ3) is 5.91. The quantitative estimate of drug-likeness (QED) is 0.168. The first-order valence-electron chi connectivity index (χ1n) is 18.8. The second kappa shape index (κ2) is 12.7. The van der Waals surface area contributed by atoms with Crippen LogP contribution in [0.4, 0.5) is 34.8 Å². The van der Waals surface area contributed by atoms with Crippen molar-refractivity contribution in [3.05, 3.63) is 59.2 Å². The van der Waals surface area contributed by atoms with Gasteiger partial charge in [-0.25, -0.2) is 27.5 Å². The molecular weight excluding hydrogens is 700 g/mol. The zero-order valence-electron chi connectivity index (χ0n) is 31.5. The molecule has 4 aromatic rings. The van der Waals surface area contributed by atoms with Gasteiger partial charge in [-0.05, 0) is 110 Å². The Hall–Kier alpha value is -4.59. The van der Waals surface area contributed by atoms with Crippen molar-refractivity contribution in [1.82, 2.24) is 29.7 Å². The molecule has 3 aromatic heterocycles. The van der Waals surface area contributed by atoms with Crippen molar-refractivity contribution >= 4 is 40.0 Å². The smallest absolute Gasteiger partial charge is 0.255 e. The van der Waals surface area contributed by atoms with Gasteiger partial charge in [0.1, 0.15) is 5.52 Å². The summed E-state index contributed by atoms with van der Waals surface area (Å²) in [5.41, 5.74) is 2.18. The Balaban J connectivity index is 1.16. The van der Waals surface area contributed by atoms with Gasteiger partial charge in [0, 0.05) is 47.1 Å². The minimum atomic E-state index is -2.82. The maximum Gasteiger partial charge on any atom is 0.255 e. The molecule has 0 bridgehead atoms. The number of rotatable bonds is 9. The number of likely N-dealkylation sites (tertiary alicyclic amines) is 1. The Morgan fingerprint density at radius 2 is 1.78 bits per heavy atom. The number of piperidine rings is 1. The molecule has 14 heteroatoms. The summed E-state index contributed by atoms with van der Waals surface area (Å²) in [7, 11) is 0. The number of anilines is 3. The third-order valence-electron chi connectivity index (χ3n) is 12.3. The molecule has 5 heterocycles. The van der Waals surface area contributed by atoms with Gasteiger partial charge in [0.15, 0.2) is 17.5 Å². The minimum absolute atomic E-state index is 0.0122. The van der Waals surface area contributed by atoms with Gasteiger partial charge in [-0.1, -0.05) is 0 Å². The highest BCUT2D eigenvalue weighted by molar-refractivity contribution is 6.08. The van der Waals surface area contributed by atoms with E-state index in [1.54, 1.807) is 18.6 Å². The van der Waals surface area contributed by atoms with E-state index in [0.717, 1.165) is 37.7 Å². The lowest BCUT2D eigenvalue weighted by Crippen LogP contribution is -2.64. The third-order valence-corrected chi connectivity index (χ3v) is 12.3. The molecule has 1 saturated heterocycles. The normalized spacial score (nSPS) is 23.0. The predicted octanol–water partition coefficient (Wildman–Crippen LogP) is 7.82. The molecule has 10 nitrogen and oxygen atoms in total. The number of imidazole rings is 1. The highest BCUT2D eigenvalue weighted by atomic mass is 19.3. The van der Waals surface area contributed by atoms with E-state index < -0.39 is 41.6 Å². The molecule has 0 radical (unpaired) electrons. The van der Waals surface area contributed by atoms with Crippen LogP contribution in [0.2, 0.25) is 0 Å². The summed E-state index contributed by atoms with van der Waals surface area (Å²) in [6.07, 6.45) is 7.40. The summed E-state index contributed by atoms with van der Waals surface area (Å²) in [6.45, 7) is 12.5. The predicted molar refractivity (Wildman–Crippen MR) is 198 cm³/mol. The molecule has 1 spiro atoms. The first-order valence-corrected chi connectivity index (χ1v) is 18.8. The molecule has 286 valence electrons. The number of carbonyl (C=O) groups excluding carboxylic acids is 2. The fraction of sp³-hybridized carbons (Fsp3) is 0.525. The van der Waals surface area contributed by atoms with E-state index in [2.05, 4.69) is 27.4 Å². The Kier molecular flexibility index (Phi) is 8.59. The molecule has 54 heavy (non-hydrogen) atoms. The second-order valence-electron chi connectivity index (χ2n) is 16.9. The summed E-state index contributed by atoms with van der Waals surface area (Å²) in [6, 6.07) is 4.75. The van der Waals surface area contributed by atoms with E-state index >= 15 is 8.78 Å². The lowest BCUT2D eigenvalue weighted by Gasteiger charge is -2.56. The maximum absolute atomic E-state index is 15.6. The lowest BCUT2D eigenvalue weighted by molar-refractivity contribution is -0.124. The van der Waals surface area contributed by atoms with Gasteiger partial charge in [0.25, 0.3) is 12.3 Å². The van der Waals surface area contributed by atoms with Gasteiger partial charge in [-0.2, -0.15) is 0 Å². The van der Waals surface area contributed by atoms with Crippen LogP contribution in [-0.2, 0) is 10.2 Å². The zero-order chi connectivity index (χ0) is 38.5. The number of amides is 2. The molecule has 0 unspecified atom stereocenters. The number of halogens is 4. The fourth-order valence-corrected chi connectivity index (χ4v) is 8.91. The monoisotopic (exact) mass is 746 g/mol. The van der Waals surface area contributed by atoms with Gasteiger partial charge < -0.3 is 20.1 Å². The Labute approximate surface area is 311 Å². The van der Waals surface area contributed by atoms with Crippen molar-refractivity contribution < 1.29 is 27.2 Å². The number of benzene rings is 1. The first-order chi connectivity index (χ1) is 25.5. The second-order valence-corrected chi connectivity index (χ2v) is 16.9. The molecule has 2 saturated carbocycles. The molecule has 2 aliphatic carbocycles. The lowest BCUT2D eigenvalue weighted by atomic mass is 9.70. The number of nitrogens with one attached hydrogen (secondary N) is 2. The van der Waals surface area contributed by atoms with E-state index in [-0.39, 0.29) is 40.5 Å². The number of fused-ring (bicyclic) bond motifs is 2. The van der Waals surface area contributed by atoms with Crippen LogP contribution in [0.3, 0.4) is 0 Å². The fourth-order valence-electron chi connectivity index (χ4n) is 8.91. The summed E-state index contributed by atoms with van der Waals surface area (Å²) < 4.78 is 58.3. The molecule has 8 rings (SSSR count). The van der Waals surface area contributed by atoms with Crippen LogP contribution in [0.15, 0.2) is 30.7 Å². The van der Waals surface area contributed by atoms with Crippen LogP contribution in [0.25, 0.3) is 22.3 Å². The van der Waals surface area contributed by atoms with Crippen LogP contribution >= 0.6 is 0 Å². The molecular formula is C40H46F4N8O2. The summed E-state index contributed by atoms with van der Waals surface area (Å²) in [4.78, 5) is 45.8. The molecule has 3 fully saturated rings. The average molecular weight is 747 g/mol. The van der Waals surface area contributed by atoms with Crippen molar-refractivity contribution in [3.8, 4) is 11.3 Å². The van der Waals surface area contributed by atoms with Crippen LogP contribution < -0.4 is 15.5 Å². The maximum atomic E-state index is 15.6. The largest absolute Gasteiger partial charge is 0.346 e. The van der Waals surface area contributed by atoms with E-state index in [9.17, 15) is 18.4 Å². The van der Waals surface area contributed by atoms with Gasteiger partial charge in [-0.15, -0.1) is 0 Å². The topological polar surface area (TPSA) is 108 Å². The van der Waals surface area contributed by atoms with Crippen molar-refractivity contribution in [2.24, 2.45) is 5.41 Å². The molecule has 0 atom stereocenters. The average Bonchev–Trinajstić information content (AvgIpc) is 3.64. The van der Waals surface area contributed by atoms with Crippen molar-refractivity contribution in [3.63, 3.8) is 0 Å². The van der Waals surface area contributed by atoms with Crippen molar-refractivity contribution in [2.45, 2.75) is 110 Å². The molecule has 4 aliphatic rings. The summed E-state index contributed by atoms with van der Waals surface area (Å²) in [5, 5.41) is 4.96. The first kappa shape index (κ1) is 36.4. The van der Waals surface area contributed by atoms with Crippen LogP contribution in [-0.4, -0.2) is 73.9 Å². The number of aromatic nitrogens is 4. The number of hydrogen-bond donors (Lipinski definition) is 2. The molecule has 2 amide bonds. The SMILES string of the molecule is Cc1c(C(=O)NCC(F)F)cc(Nc2nc(-c3cnc4c(c3)N(C3CC(C)(N5CCCC6(CC6)C5)C3)C(=O)C4(C)C)cc3ncn(C(C)C)c23)c(F)c1F. The number of hydrogen-bond acceptors (Lipinski definition) is 7. The van der Waals surface area contributed by atoms with Crippen LogP contribution in [0, 0.1) is 24.0 Å². The Bertz CT molecular complexity index is 2190. The van der Waals surface area contributed by atoms with Crippen molar-refractivity contribution in [1.29, 1.82) is 0 Å². The minimum Gasteiger partial charge on any atom is -0.346 e. The standard InChI is InChI=1S/C40H46F4N8O2/c1-21(2)51-20-47-28-14-26(48-35(33(28)51)49-27-13-25(22(3)31(43)32(27)44)36(53)46-18-30(41)42)23-12-29-34(45-17-23)38(4,5)37(54)52(29)24-15-39(6,16-24)50-11-7-8-40(19-50)9-10-40/h12-14,17,20-21,24,30H,7-11,15-16,18-19H2,1-6H3,(H,46,53)(H,48,49). The van der Waals surface area contributed by atoms with Gasteiger partial charge in [-0.3, -0.25) is 19.5 Å². The van der Waals surface area contributed by atoms with E-state index in [4.69, 9.17) is 9.97 Å². The number of alkyl halides is 2. The highest BCUT2D eigenvalue weighted by Gasteiger charge is 2.57. The van der Waals surface area contributed by atoms with E-state index in [0.29, 0.717) is 33.4 Å². The highest BCUT2D eigenvalue weighted by Crippen LogP contribution is 2.56. The van der Waals surface area contributed by atoms with Gasteiger partial charge in [0.05, 0.1) is 46.6 Å². The molecule has 1 aromatic carbocycles. The molecule has 2 aliphatic heterocycles. The van der Waals surface area contributed by atoms with Crippen LogP contribution in [0.1, 0.15) is 101 Å². The van der Waals surface area contributed by atoms with E-state index in [1.165, 1.54) is 32.6 Å². The summed E-state index contributed by atoms with van der Waals surface area (Å²) >= 11 is 0. The zero-order valence-corrected chi connectivity index (χ0v) is 31.5. The number of carbonyl (C=O) groups is 2. The van der Waals surface area contributed by atoms with Gasteiger partial charge in [0.2, 0.25) is 5.91 Å².